The number of hydrogen-bond acceptors (Lipinski definition) is 7. The SMILES string of the molecule is COc1ccc(-n2nnnc2Sc2ccccc2[N+](=O)[O-])cc1. The van der Waals surface area contributed by atoms with Crippen LogP contribution in [0.1, 0.15) is 0 Å². The molecule has 0 amide bonds. The van der Waals surface area contributed by atoms with Gasteiger partial charge in [0.05, 0.1) is 22.6 Å². The van der Waals surface area contributed by atoms with Crippen molar-refractivity contribution in [3.8, 4) is 11.4 Å². The Balaban J connectivity index is 1.94. The number of para-hydroxylation sites is 1. The standard InChI is InChI=1S/C14H11N5O3S/c1-22-11-8-6-10(7-9-11)18-14(15-16-17-18)23-13-5-3-2-4-12(13)19(20)21/h2-9H,1H3. The van der Waals surface area contributed by atoms with Gasteiger partial charge in [-0.15, -0.1) is 5.10 Å². The summed E-state index contributed by atoms with van der Waals surface area (Å²) in [6.45, 7) is 0. The quantitative estimate of drug-likeness (QED) is 0.524. The molecule has 0 aliphatic heterocycles. The minimum atomic E-state index is -0.427. The van der Waals surface area contributed by atoms with E-state index in [2.05, 4.69) is 15.5 Å². The van der Waals surface area contributed by atoms with E-state index in [-0.39, 0.29) is 5.69 Å². The summed E-state index contributed by atoms with van der Waals surface area (Å²) in [4.78, 5) is 11.1. The second-order valence-electron chi connectivity index (χ2n) is 4.40. The van der Waals surface area contributed by atoms with Crippen molar-refractivity contribution in [3.63, 3.8) is 0 Å². The van der Waals surface area contributed by atoms with E-state index in [0.29, 0.717) is 10.1 Å². The van der Waals surface area contributed by atoms with Crippen LogP contribution in [-0.4, -0.2) is 32.2 Å². The first kappa shape index (κ1) is 15.0. The van der Waals surface area contributed by atoms with Gasteiger partial charge in [-0.3, -0.25) is 10.1 Å². The van der Waals surface area contributed by atoms with Gasteiger partial charge < -0.3 is 4.74 Å². The highest BCUT2D eigenvalue weighted by atomic mass is 32.2. The fraction of sp³-hybridized carbons (Fsp3) is 0.0714. The molecule has 116 valence electrons. The minimum absolute atomic E-state index is 0.0155. The molecule has 2 aromatic carbocycles. The Hall–Kier alpha value is -2.94. The number of aromatic nitrogens is 4. The molecule has 1 heterocycles. The third-order valence-electron chi connectivity index (χ3n) is 3.02. The maximum atomic E-state index is 11.1. The van der Waals surface area contributed by atoms with Gasteiger partial charge in [0.15, 0.2) is 0 Å². The van der Waals surface area contributed by atoms with Crippen molar-refractivity contribution < 1.29 is 9.66 Å². The topological polar surface area (TPSA) is 96.0 Å². The van der Waals surface area contributed by atoms with Crippen LogP contribution in [0.3, 0.4) is 0 Å². The summed E-state index contributed by atoms with van der Waals surface area (Å²) in [6, 6.07) is 13.6. The van der Waals surface area contributed by atoms with Crippen LogP contribution < -0.4 is 4.74 Å². The number of hydrogen-bond donors (Lipinski definition) is 0. The van der Waals surface area contributed by atoms with Gasteiger partial charge >= 0.3 is 0 Å². The zero-order chi connectivity index (χ0) is 16.2. The van der Waals surface area contributed by atoms with E-state index >= 15 is 0 Å². The predicted octanol–water partition coefficient (Wildman–Crippen LogP) is 2.73. The van der Waals surface area contributed by atoms with E-state index in [1.54, 1.807) is 49.6 Å². The molecule has 0 aliphatic rings. The summed E-state index contributed by atoms with van der Waals surface area (Å²) in [5.41, 5.74) is 0.749. The van der Waals surface area contributed by atoms with Gasteiger partial charge in [-0.05, 0) is 52.5 Å². The molecule has 0 saturated carbocycles. The molecule has 0 N–H and O–H groups in total. The molecular formula is C14H11N5O3S. The monoisotopic (exact) mass is 329 g/mol. The van der Waals surface area contributed by atoms with E-state index in [4.69, 9.17) is 4.74 Å². The lowest BCUT2D eigenvalue weighted by molar-refractivity contribution is -0.387. The highest BCUT2D eigenvalue weighted by Gasteiger charge is 2.17. The van der Waals surface area contributed by atoms with Crippen molar-refractivity contribution in [1.82, 2.24) is 20.2 Å². The zero-order valence-electron chi connectivity index (χ0n) is 12.0. The Morgan fingerprint density at radius 1 is 1.17 bits per heavy atom. The average molecular weight is 329 g/mol. The van der Waals surface area contributed by atoms with E-state index < -0.39 is 4.92 Å². The normalized spacial score (nSPS) is 10.5. The lowest BCUT2D eigenvalue weighted by Crippen LogP contribution is -1.99. The van der Waals surface area contributed by atoms with E-state index in [0.717, 1.165) is 23.2 Å². The number of tetrazole rings is 1. The van der Waals surface area contributed by atoms with E-state index in [9.17, 15) is 10.1 Å². The number of ether oxygens (including phenoxy) is 1. The Labute approximate surface area is 135 Å². The molecule has 0 radical (unpaired) electrons. The van der Waals surface area contributed by atoms with Gasteiger partial charge in [0.2, 0.25) is 5.16 Å². The molecular weight excluding hydrogens is 318 g/mol. The molecule has 1 aromatic heterocycles. The van der Waals surface area contributed by atoms with Crippen molar-refractivity contribution >= 4 is 17.4 Å². The second kappa shape index (κ2) is 6.44. The Bertz CT molecular complexity index is 834. The van der Waals surface area contributed by atoms with Gasteiger partial charge in [0, 0.05) is 6.07 Å². The van der Waals surface area contributed by atoms with Crippen molar-refractivity contribution in [2.45, 2.75) is 10.1 Å². The van der Waals surface area contributed by atoms with Gasteiger partial charge in [-0.2, -0.15) is 4.68 Å². The first-order valence-corrected chi connectivity index (χ1v) is 7.35. The van der Waals surface area contributed by atoms with Gasteiger partial charge in [0.1, 0.15) is 5.75 Å². The van der Waals surface area contributed by atoms with Crippen LogP contribution in [0.2, 0.25) is 0 Å². The van der Waals surface area contributed by atoms with Crippen molar-refractivity contribution in [2.24, 2.45) is 0 Å². The average Bonchev–Trinajstić information content (AvgIpc) is 3.03. The van der Waals surface area contributed by atoms with E-state index in [1.165, 1.54) is 10.7 Å². The Morgan fingerprint density at radius 2 is 1.91 bits per heavy atom. The lowest BCUT2D eigenvalue weighted by Gasteiger charge is -2.05. The highest BCUT2D eigenvalue weighted by molar-refractivity contribution is 7.99. The number of methoxy groups -OCH3 is 1. The first-order chi connectivity index (χ1) is 11.2. The molecule has 23 heavy (non-hydrogen) atoms. The first-order valence-electron chi connectivity index (χ1n) is 6.53. The smallest absolute Gasteiger partial charge is 0.283 e. The van der Waals surface area contributed by atoms with Crippen LogP contribution >= 0.6 is 11.8 Å². The molecule has 0 fully saturated rings. The molecule has 0 unspecified atom stereocenters. The molecule has 9 heteroatoms. The molecule has 3 aromatic rings. The fourth-order valence-electron chi connectivity index (χ4n) is 1.92. The number of nitro benzene ring substituents is 1. The molecule has 3 rings (SSSR count). The summed E-state index contributed by atoms with van der Waals surface area (Å²) in [7, 11) is 1.59. The zero-order valence-corrected chi connectivity index (χ0v) is 12.8. The number of nitro groups is 1. The maximum Gasteiger partial charge on any atom is 0.283 e. The lowest BCUT2D eigenvalue weighted by atomic mass is 10.3. The van der Waals surface area contributed by atoms with Gasteiger partial charge in [-0.25, -0.2) is 0 Å². The summed E-state index contributed by atoms with van der Waals surface area (Å²) >= 11 is 1.13. The van der Waals surface area contributed by atoms with Crippen molar-refractivity contribution in [3.05, 3.63) is 58.6 Å². The van der Waals surface area contributed by atoms with Crippen LogP contribution in [0.5, 0.6) is 5.75 Å². The minimum Gasteiger partial charge on any atom is -0.497 e. The largest absolute Gasteiger partial charge is 0.497 e. The van der Waals surface area contributed by atoms with Crippen LogP contribution in [0, 0.1) is 10.1 Å². The number of rotatable bonds is 5. The molecule has 8 nitrogen and oxygen atoms in total. The molecule has 0 atom stereocenters. The maximum absolute atomic E-state index is 11.1. The summed E-state index contributed by atoms with van der Waals surface area (Å²) in [5, 5.41) is 23.1. The molecule has 0 saturated heterocycles. The van der Waals surface area contributed by atoms with Crippen LogP contribution in [0.25, 0.3) is 5.69 Å². The second-order valence-corrected chi connectivity index (χ2v) is 5.41. The number of benzene rings is 2. The molecule has 0 spiro atoms. The fourth-order valence-corrected chi connectivity index (χ4v) is 2.82. The molecule has 0 bridgehead atoms. The number of nitrogens with zero attached hydrogens (tertiary/aromatic N) is 5. The Morgan fingerprint density at radius 3 is 2.61 bits per heavy atom. The third-order valence-corrected chi connectivity index (χ3v) is 4.02. The van der Waals surface area contributed by atoms with Crippen LogP contribution in [-0.2, 0) is 0 Å². The van der Waals surface area contributed by atoms with Crippen molar-refractivity contribution in [1.29, 1.82) is 0 Å². The van der Waals surface area contributed by atoms with Crippen LogP contribution in [0.15, 0.2) is 58.6 Å². The van der Waals surface area contributed by atoms with Gasteiger partial charge in [-0.1, -0.05) is 12.1 Å². The Kier molecular flexibility index (Phi) is 4.20. The molecule has 0 aliphatic carbocycles. The highest BCUT2D eigenvalue weighted by Crippen LogP contribution is 2.33. The predicted molar refractivity (Wildman–Crippen MR) is 82.9 cm³/mol. The summed E-state index contributed by atoms with van der Waals surface area (Å²) < 4.78 is 6.63. The van der Waals surface area contributed by atoms with Crippen LogP contribution in [0.4, 0.5) is 5.69 Å². The summed E-state index contributed by atoms with van der Waals surface area (Å²) in [6.07, 6.45) is 0. The van der Waals surface area contributed by atoms with Gasteiger partial charge in [0.25, 0.3) is 5.69 Å². The third kappa shape index (κ3) is 3.14. The summed E-state index contributed by atoms with van der Waals surface area (Å²) in [5.74, 6) is 0.717. The van der Waals surface area contributed by atoms with E-state index in [1.807, 2.05) is 0 Å². The van der Waals surface area contributed by atoms with Crippen molar-refractivity contribution in [2.75, 3.05) is 7.11 Å².